The molecule has 0 saturated heterocycles. The Bertz CT molecular complexity index is 649. The Hall–Kier alpha value is -2.37. The third-order valence-electron chi connectivity index (χ3n) is 3.85. The fourth-order valence-corrected chi connectivity index (χ4v) is 2.82. The van der Waals surface area contributed by atoms with Gasteiger partial charge in [0, 0.05) is 18.5 Å². The number of amides is 2. The number of carbonyl (C=O) groups excluding carboxylic acids is 3. The van der Waals surface area contributed by atoms with Crippen LogP contribution in [0.1, 0.15) is 32.8 Å². The van der Waals surface area contributed by atoms with Crippen molar-refractivity contribution in [1.29, 1.82) is 0 Å². The van der Waals surface area contributed by atoms with Crippen LogP contribution >= 0.6 is 0 Å². The lowest BCUT2D eigenvalue weighted by Crippen LogP contribution is -2.48. The first kappa shape index (κ1) is 18.0. The molecule has 0 aromatic heterocycles. The molecule has 1 heterocycles. The molecule has 24 heavy (non-hydrogen) atoms. The van der Waals surface area contributed by atoms with Crippen LogP contribution < -0.4 is 10.2 Å². The van der Waals surface area contributed by atoms with E-state index in [1.54, 1.807) is 6.07 Å². The number of anilines is 1. The van der Waals surface area contributed by atoms with Crippen molar-refractivity contribution in [3.05, 3.63) is 29.8 Å². The number of esters is 1. The SMILES string of the molecule is COC(=O)C1Cc2ccccc2N1C(=O)CNC(=O)CC(C)(C)C. The Morgan fingerprint density at radius 1 is 1.25 bits per heavy atom. The quantitative estimate of drug-likeness (QED) is 0.851. The molecule has 0 saturated carbocycles. The van der Waals surface area contributed by atoms with Crippen molar-refractivity contribution in [2.75, 3.05) is 18.6 Å². The number of nitrogens with zero attached hydrogens (tertiary/aromatic N) is 1. The van der Waals surface area contributed by atoms with E-state index in [1.165, 1.54) is 12.0 Å². The number of nitrogens with one attached hydrogen (secondary N) is 1. The van der Waals surface area contributed by atoms with E-state index in [0.717, 1.165) is 5.56 Å². The van der Waals surface area contributed by atoms with Crippen molar-refractivity contribution in [2.45, 2.75) is 39.7 Å². The second kappa shape index (κ2) is 7.03. The smallest absolute Gasteiger partial charge is 0.329 e. The molecule has 2 amide bonds. The van der Waals surface area contributed by atoms with Gasteiger partial charge in [-0.3, -0.25) is 14.5 Å². The zero-order valence-electron chi connectivity index (χ0n) is 14.6. The van der Waals surface area contributed by atoms with Gasteiger partial charge in [-0.2, -0.15) is 0 Å². The Morgan fingerprint density at radius 2 is 1.92 bits per heavy atom. The van der Waals surface area contributed by atoms with Crippen molar-refractivity contribution in [1.82, 2.24) is 5.32 Å². The van der Waals surface area contributed by atoms with E-state index < -0.39 is 12.0 Å². The zero-order valence-corrected chi connectivity index (χ0v) is 14.6. The Labute approximate surface area is 142 Å². The van der Waals surface area contributed by atoms with E-state index in [-0.39, 0.29) is 23.8 Å². The van der Waals surface area contributed by atoms with Crippen LogP contribution in [0.15, 0.2) is 24.3 Å². The normalized spacial score (nSPS) is 16.5. The van der Waals surface area contributed by atoms with Crippen LogP contribution in [0.4, 0.5) is 5.69 Å². The third kappa shape index (κ3) is 4.13. The van der Waals surface area contributed by atoms with Gasteiger partial charge in [0.15, 0.2) is 0 Å². The van der Waals surface area contributed by atoms with E-state index in [0.29, 0.717) is 18.5 Å². The highest BCUT2D eigenvalue weighted by Crippen LogP contribution is 2.32. The van der Waals surface area contributed by atoms with E-state index in [4.69, 9.17) is 4.74 Å². The fourth-order valence-electron chi connectivity index (χ4n) is 2.82. The first-order valence-corrected chi connectivity index (χ1v) is 7.97. The summed E-state index contributed by atoms with van der Waals surface area (Å²) in [5.41, 5.74) is 1.47. The lowest BCUT2D eigenvalue weighted by atomic mass is 9.92. The summed E-state index contributed by atoms with van der Waals surface area (Å²) in [6.07, 6.45) is 0.752. The molecule has 1 atom stereocenters. The predicted octanol–water partition coefficient (Wildman–Crippen LogP) is 1.67. The van der Waals surface area contributed by atoms with E-state index in [2.05, 4.69) is 5.32 Å². The standard InChI is InChI=1S/C18H24N2O4/c1-18(2,3)10-15(21)19-11-16(22)20-13-8-6-5-7-12(13)9-14(20)17(23)24-4/h5-8,14H,9-11H2,1-4H3,(H,19,21). The molecule has 0 radical (unpaired) electrons. The van der Waals surface area contributed by atoms with Gasteiger partial charge >= 0.3 is 5.97 Å². The zero-order chi connectivity index (χ0) is 17.9. The van der Waals surface area contributed by atoms with Crippen LogP contribution in [0.3, 0.4) is 0 Å². The number of carbonyl (C=O) groups is 3. The predicted molar refractivity (Wildman–Crippen MR) is 90.5 cm³/mol. The molecule has 1 aliphatic rings. The number of rotatable bonds is 4. The van der Waals surface area contributed by atoms with Crippen LogP contribution in [0.25, 0.3) is 0 Å². The molecule has 1 N–H and O–H groups in total. The molecule has 0 aliphatic carbocycles. The summed E-state index contributed by atoms with van der Waals surface area (Å²) in [5, 5.41) is 2.64. The summed E-state index contributed by atoms with van der Waals surface area (Å²) in [6, 6.07) is 6.69. The van der Waals surface area contributed by atoms with E-state index in [1.807, 2.05) is 39.0 Å². The second-order valence-electron chi connectivity index (χ2n) is 7.15. The highest BCUT2D eigenvalue weighted by atomic mass is 16.5. The molecule has 1 unspecified atom stereocenters. The van der Waals surface area contributed by atoms with Crippen molar-refractivity contribution >= 4 is 23.5 Å². The third-order valence-corrected chi connectivity index (χ3v) is 3.85. The summed E-state index contributed by atoms with van der Waals surface area (Å²) >= 11 is 0. The molecule has 6 nitrogen and oxygen atoms in total. The molecular weight excluding hydrogens is 308 g/mol. The number of methoxy groups -OCH3 is 1. The van der Waals surface area contributed by atoms with Gasteiger partial charge in [0.2, 0.25) is 11.8 Å². The van der Waals surface area contributed by atoms with Crippen molar-refractivity contribution in [3.63, 3.8) is 0 Å². The maximum absolute atomic E-state index is 12.6. The summed E-state index contributed by atoms with van der Waals surface area (Å²) in [4.78, 5) is 38.0. The number of hydrogen-bond acceptors (Lipinski definition) is 4. The van der Waals surface area contributed by atoms with Crippen molar-refractivity contribution in [3.8, 4) is 0 Å². The first-order chi connectivity index (χ1) is 11.2. The Balaban J connectivity index is 2.10. The van der Waals surface area contributed by atoms with Gasteiger partial charge in [-0.15, -0.1) is 0 Å². The van der Waals surface area contributed by atoms with Gasteiger partial charge in [-0.05, 0) is 17.0 Å². The van der Waals surface area contributed by atoms with Crippen LogP contribution in [0, 0.1) is 5.41 Å². The Morgan fingerprint density at radius 3 is 2.54 bits per heavy atom. The van der Waals surface area contributed by atoms with Gasteiger partial charge in [0.1, 0.15) is 6.04 Å². The van der Waals surface area contributed by atoms with E-state index in [9.17, 15) is 14.4 Å². The van der Waals surface area contributed by atoms with Gasteiger partial charge < -0.3 is 10.1 Å². The van der Waals surface area contributed by atoms with Crippen molar-refractivity contribution in [2.24, 2.45) is 5.41 Å². The van der Waals surface area contributed by atoms with Crippen LogP contribution in [-0.2, 0) is 25.5 Å². The summed E-state index contributed by atoms with van der Waals surface area (Å²) in [6.45, 7) is 5.73. The molecule has 1 aromatic rings. The summed E-state index contributed by atoms with van der Waals surface area (Å²) in [5.74, 6) is -0.962. The minimum absolute atomic E-state index is 0.142. The summed E-state index contributed by atoms with van der Waals surface area (Å²) in [7, 11) is 1.30. The van der Waals surface area contributed by atoms with Crippen LogP contribution in [-0.4, -0.2) is 37.5 Å². The van der Waals surface area contributed by atoms with Gasteiger partial charge in [-0.1, -0.05) is 39.0 Å². The molecule has 0 bridgehead atoms. The number of ether oxygens (including phenoxy) is 1. The molecule has 6 heteroatoms. The lowest BCUT2D eigenvalue weighted by molar-refractivity contribution is -0.143. The molecular formula is C18H24N2O4. The molecule has 0 fully saturated rings. The molecule has 0 spiro atoms. The maximum Gasteiger partial charge on any atom is 0.329 e. The number of hydrogen-bond donors (Lipinski definition) is 1. The van der Waals surface area contributed by atoms with Crippen LogP contribution in [0.5, 0.6) is 0 Å². The van der Waals surface area contributed by atoms with Gasteiger partial charge in [-0.25, -0.2) is 4.79 Å². The molecule has 1 aromatic carbocycles. The second-order valence-corrected chi connectivity index (χ2v) is 7.15. The molecule has 130 valence electrons. The monoisotopic (exact) mass is 332 g/mol. The fraction of sp³-hybridized carbons (Fsp3) is 0.500. The van der Waals surface area contributed by atoms with Crippen molar-refractivity contribution < 1.29 is 19.1 Å². The number of para-hydroxylation sites is 1. The van der Waals surface area contributed by atoms with Gasteiger partial charge in [0.05, 0.1) is 13.7 Å². The minimum atomic E-state index is -0.681. The van der Waals surface area contributed by atoms with E-state index >= 15 is 0 Å². The molecule has 2 rings (SSSR count). The minimum Gasteiger partial charge on any atom is -0.467 e. The number of benzene rings is 1. The first-order valence-electron chi connectivity index (χ1n) is 7.97. The molecule has 1 aliphatic heterocycles. The highest BCUT2D eigenvalue weighted by molar-refractivity contribution is 6.04. The largest absolute Gasteiger partial charge is 0.467 e. The maximum atomic E-state index is 12.6. The van der Waals surface area contributed by atoms with Crippen LogP contribution in [0.2, 0.25) is 0 Å². The van der Waals surface area contributed by atoms with Gasteiger partial charge in [0.25, 0.3) is 0 Å². The number of fused-ring (bicyclic) bond motifs is 1. The topological polar surface area (TPSA) is 75.7 Å². The highest BCUT2D eigenvalue weighted by Gasteiger charge is 2.38. The Kier molecular flexibility index (Phi) is 5.26. The summed E-state index contributed by atoms with van der Waals surface area (Å²) < 4.78 is 4.82. The average molecular weight is 332 g/mol. The average Bonchev–Trinajstić information content (AvgIpc) is 2.89. The lowest BCUT2D eigenvalue weighted by Gasteiger charge is -2.24.